The molecule has 0 heterocycles. The van der Waals surface area contributed by atoms with E-state index in [4.69, 9.17) is 0 Å². The van der Waals surface area contributed by atoms with E-state index < -0.39 is 0 Å². The monoisotopic (exact) mass is 211 g/mol. The SMILES string of the molecule is CCC[c-]1cccc1C.[Zr]. The van der Waals surface area contributed by atoms with Crippen molar-refractivity contribution in [3.8, 4) is 0 Å². The maximum absolute atomic E-state index is 2.21. The fourth-order valence-corrected chi connectivity index (χ4v) is 1.10. The molecule has 0 aliphatic heterocycles. The van der Waals surface area contributed by atoms with Gasteiger partial charge in [-0.25, -0.2) is 12.1 Å². The predicted octanol–water partition coefficient (Wildman–Crippen LogP) is 2.66. The maximum Gasteiger partial charge on any atom is 0 e. The summed E-state index contributed by atoms with van der Waals surface area (Å²) in [6.07, 6.45) is 2.49. The summed E-state index contributed by atoms with van der Waals surface area (Å²) in [6.45, 7) is 4.39. The fraction of sp³-hybridized carbons (Fsp3) is 0.444. The molecule has 54 valence electrons. The van der Waals surface area contributed by atoms with Gasteiger partial charge in [0.1, 0.15) is 0 Å². The Balaban J connectivity index is 0.000000810. The minimum absolute atomic E-state index is 0. The zero-order valence-corrected chi connectivity index (χ0v) is 9.10. The molecule has 1 rings (SSSR count). The van der Waals surface area contributed by atoms with Gasteiger partial charge >= 0.3 is 0 Å². The average Bonchev–Trinajstić information content (AvgIpc) is 2.18. The maximum atomic E-state index is 2.21. The molecule has 0 aliphatic carbocycles. The van der Waals surface area contributed by atoms with Crippen molar-refractivity contribution < 1.29 is 26.2 Å². The van der Waals surface area contributed by atoms with Crippen molar-refractivity contribution >= 4 is 0 Å². The molecular formula is C9H13Zr-. The van der Waals surface area contributed by atoms with Crippen LogP contribution in [0.3, 0.4) is 0 Å². The summed E-state index contributed by atoms with van der Waals surface area (Å²) in [5.74, 6) is 0. The summed E-state index contributed by atoms with van der Waals surface area (Å²) in [5, 5.41) is 0. The van der Waals surface area contributed by atoms with Crippen molar-refractivity contribution in [1.82, 2.24) is 0 Å². The van der Waals surface area contributed by atoms with Crippen LogP contribution in [0.15, 0.2) is 18.2 Å². The van der Waals surface area contributed by atoms with Crippen molar-refractivity contribution in [2.45, 2.75) is 26.7 Å². The molecule has 0 unspecified atom stereocenters. The van der Waals surface area contributed by atoms with Crippen LogP contribution in [0.25, 0.3) is 0 Å². The molecule has 0 N–H and O–H groups in total. The smallest absolute Gasteiger partial charge is 0 e. The van der Waals surface area contributed by atoms with Crippen LogP contribution in [0.5, 0.6) is 0 Å². The van der Waals surface area contributed by atoms with Gasteiger partial charge in [0, 0.05) is 26.2 Å². The quantitative estimate of drug-likeness (QED) is 0.661. The Bertz CT molecular complexity index is 177. The fourth-order valence-electron chi connectivity index (χ4n) is 1.10. The van der Waals surface area contributed by atoms with Gasteiger partial charge in [0.2, 0.25) is 0 Å². The first-order chi connectivity index (χ1) is 4.34. The normalized spacial score (nSPS) is 9.00. The molecule has 0 nitrogen and oxygen atoms in total. The van der Waals surface area contributed by atoms with Gasteiger partial charge < -0.3 is 0 Å². The first kappa shape index (κ1) is 10.2. The Labute approximate surface area is 82.1 Å². The van der Waals surface area contributed by atoms with Crippen molar-refractivity contribution in [3.05, 3.63) is 29.3 Å². The molecule has 0 radical (unpaired) electrons. The summed E-state index contributed by atoms with van der Waals surface area (Å²) in [6, 6.07) is 6.50. The second-order valence-electron chi connectivity index (χ2n) is 2.48. The largest absolute Gasteiger partial charge is 0.213 e. The van der Waals surface area contributed by atoms with Crippen LogP contribution in [0.1, 0.15) is 24.5 Å². The predicted molar refractivity (Wildman–Crippen MR) is 40.8 cm³/mol. The first-order valence-electron chi connectivity index (χ1n) is 3.55. The van der Waals surface area contributed by atoms with Crippen LogP contribution in [0.4, 0.5) is 0 Å². The Morgan fingerprint density at radius 2 is 2.20 bits per heavy atom. The number of hydrogen-bond acceptors (Lipinski definition) is 0. The molecule has 0 saturated carbocycles. The zero-order chi connectivity index (χ0) is 6.69. The summed E-state index contributed by atoms with van der Waals surface area (Å²) in [5.41, 5.74) is 2.95. The van der Waals surface area contributed by atoms with E-state index in [0.29, 0.717) is 0 Å². The van der Waals surface area contributed by atoms with E-state index in [1.807, 2.05) is 0 Å². The molecule has 1 aromatic rings. The summed E-state index contributed by atoms with van der Waals surface area (Å²) in [7, 11) is 0. The molecule has 0 bridgehead atoms. The van der Waals surface area contributed by atoms with Crippen LogP contribution >= 0.6 is 0 Å². The summed E-state index contributed by atoms with van der Waals surface area (Å²) >= 11 is 0. The number of rotatable bonds is 2. The molecule has 0 spiro atoms. The van der Waals surface area contributed by atoms with Crippen LogP contribution in [-0.2, 0) is 32.6 Å². The molecule has 1 aromatic carbocycles. The standard InChI is InChI=1S/C9H13.Zr/c1-3-5-9-7-4-6-8(9)2;/h4,6-7H,3,5H2,1-2H3;/q-1;. The zero-order valence-electron chi connectivity index (χ0n) is 6.65. The molecule has 1 heteroatoms. The van der Waals surface area contributed by atoms with E-state index in [1.54, 1.807) is 0 Å². The molecule has 0 aromatic heterocycles. The van der Waals surface area contributed by atoms with E-state index in [9.17, 15) is 0 Å². The third-order valence-electron chi connectivity index (χ3n) is 1.67. The van der Waals surface area contributed by atoms with Crippen molar-refractivity contribution in [2.24, 2.45) is 0 Å². The van der Waals surface area contributed by atoms with Gasteiger partial charge in [0.05, 0.1) is 0 Å². The average molecular weight is 212 g/mol. The van der Waals surface area contributed by atoms with E-state index in [1.165, 1.54) is 24.0 Å². The second kappa shape index (κ2) is 4.96. The van der Waals surface area contributed by atoms with Crippen molar-refractivity contribution in [3.63, 3.8) is 0 Å². The Morgan fingerprint density at radius 3 is 2.60 bits per heavy atom. The van der Waals surface area contributed by atoms with Crippen molar-refractivity contribution in [2.75, 3.05) is 0 Å². The Kier molecular flexibility index (Phi) is 5.08. The van der Waals surface area contributed by atoms with E-state index in [0.717, 1.165) is 0 Å². The van der Waals surface area contributed by atoms with Crippen molar-refractivity contribution in [1.29, 1.82) is 0 Å². The number of aryl methyl sites for hydroxylation is 2. The van der Waals surface area contributed by atoms with Gasteiger partial charge in [-0.3, -0.25) is 0 Å². The molecule has 0 amide bonds. The molecule has 0 aliphatic rings. The molecular weight excluding hydrogens is 199 g/mol. The van der Waals surface area contributed by atoms with Gasteiger partial charge in [-0.2, -0.15) is 17.2 Å². The molecule has 10 heavy (non-hydrogen) atoms. The molecule has 0 fully saturated rings. The third-order valence-corrected chi connectivity index (χ3v) is 1.67. The van der Waals surface area contributed by atoms with Gasteiger partial charge in [0.25, 0.3) is 0 Å². The Hall–Kier alpha value is 0.233. The van der Waals surface area contributed by atoms with E-state index in [-0.39, 0.29) is 26.2 Å². The minimum atomic E-state index is 0. The van der Waals surface area contributed by atoms with Crippen LogP contribution in [0, 0.1) is 6.92 Å². The van der Waals surface area contributed by atoms with E-state index >= 15 is 0 Å². The third kappa shape index (κ3) is 2.46. The second-order valence-corrected chi connectivity index (χ2v) is 2.48. The topological polar surface area (TPSA) is 0 Å². The number of hydrogen-bond donors (Lipinski definition) is 0. The van der Waals surface area contributed by atoms with E-state index in [2.05, 4.69) is 32.0 Å². The molecule has 0 atom stereocenters. The van der Waals surface area contributed by atoms with Gasteiger partial charge in [-0.15, -0.1) is 0 Å². The van der Waals surface area contributed by atoms with Crippen LogP contribution in [0.2, 0.25) is 0 Å². The first-order valence-corrected chi connectivity index (χ1v) is 3.55. The van der Waals surface area contributed by atoms with Gasteiger partial charge in [0.15, 0.2) is 0 Å². The Morgan fingerprint density at radius 1 is 1.50 bits per heavy atom. The van der Waals surface area contributed by atoms with Gasteiger partial charge in [-0.05, 0) is 0 Å². The van der Waals surface area contributed by atoms with Gasteiger partial charge in [-0.1, -0.05) is 26.7 Å². The molecule has 0 saturated heterocycles. The van der Waals surface area contributed by atoms with Crippen LogP contribution < -0.4 is 0 Å². The van der Waals surface area contributed by atoms with Crippen LogP contribution in [-0.4, -0.2) is 0 Å². The minimum Gasteiger partial charge on any atom is -0.213 e. The summed E-state index contributed by atoms with van der Waals surface area (Å²) in [4.78, 5) is 0. The summed E-state index contributed by atoms with van der Waals surface area (Å²) < 4.78 is 0.